The van der Waals surface area contributed by atoms with E-state index in [1.807, 2.05) is 12.1 Å². The van der Waals surface area contributed by atoms with Crippen molar-refractivity contribution in [3.05, 3.63) is 29.6 Å². The molecule has 1 unspecified atom stereocenters. The average Bonchev–Trinajstić information content (AvgIpc) is 2.20. The van der Waals surface area contributed by atoms with E-state index >= 15 is 0 Å². The van der Waals surface area contributed by atoms with Gasteiger partial charge < -0.3 is 0 Å². The Labute approximate surface area is 78.3 Å². The van der Waals surface area contributed by atoms with Crippen LogP contribution >= 0.6 is 0 Å². The lowest BCUT2D eigenvalue weighted by molar-refractivity contribution is 0.649. The topological polar surface area (TPSA) is 50.9 Å². The van der Waals surface area contributed by atoms with E-state index in [1.165, 1.54) is 0 Å². The molecule has 0 saturated heterocycles. The highest BCUT2D eigenvalue weighted by Gasteiger charge is 2.10. The Morgan fingerprint density at radius 3 is 3.08 bits per heavy atom. The van der Waals surface area contributed by atoms with Crippen LogP contribution in [0.25, 0.3) is 0 Å². The normalized spacial score (nSPS) is 12.1. The maximum absolute atomic E-state index is 5.31. The van der Waals surface area contributed by atoms with Crippen molar-refractivity contribution in [2.45, 2.75) is 19.4 Å². The molecule has 0 radical (unpaired) electrons. The standard InChI is InChI=1S/C10H13N3/c1-3-8-6-5-7-12-10(8)9(4-2)13-11/h2,5-7,9,13H,3,11H2,1H3. The summed E-state index contributed by atoms with van der Waals surface area (Å²) in [6.45, 7) is 2.06. The Bertz CT molecular complexity index is 314. The van der Waals surface area contributed by atoms with Crippen LogP contribution in [-0.2, 0) is 6.42 Å². The first-order valence-corrected chi connectivity index (χ1v) is 4.19. The highest BCUT2D eigenvalue weighted by Crippen LogP contribution is 2.13. The van der Waals surface area contributed by atoms with Gasteiger partial charge in [0.15, 0.2) is 0 Å². The first-order chi connectivity index (χ1) is 6.33. The number of hydrogen-bond donors (Lipinski definition) is 2. The summed E-state index contributed by atoms with van der Waals surface area (Å²) in [4.78, 5) is 4.21. The van der Waals surface area contributed by atoms with Crippen LogP contribution in [0.3, 0.4) is 0 Å². The number of aryl methyl sites for hydroxylation is 1. The molecule has 3 nitrogen and oxygen atoms in total. The van der Waals surface area contributed by atoms with Crippen LogP contribution in [0.2, 0.25) is 0 Å². The van der Waals surface area contributed by atoms with Gasteiger partial charge in [-0.25, -0.2) is 5.43 Å². The van der Waals surface area contributed by atoms with Gasteiger partial charge in [-0.3, -0.25) is 10.8 Å². The zero-order chi connectivity index (χ0) is 9.68. The number of nitrogens with one attached hydrogen (secondary N) is 1. The Hall–Kier alpha value is -1.37. The molecule has 1 aromatic rings. The van der Waals surface area contributed by atoms with Crippen LogP contribution in [0, 0.1) is 12.3 Å². The number of hydrazine groups is 1. The predicted octanol–water partition coefficient (Wildman–Crippen LogP) is 0.782. The molecular formula is C10H13N3. The van der Waals surface area contributed by atoms with E-state index in [0.717, 1.165) is 17.7 Å². The van der Waals surface area contributed by atoms with Crippen molar-refractivity contribution < 1.29 is 0 Å². The van der Waals surface area contributed by atoms with Crippen molar-refractivity contribution in [1.29, 1.82) is 0 Å². The van der Waals surface area contributed by atoms with Gasteiger partial charge in [0, 0.05) is 6.20 Å². The highest BCUT2D eigenvalue weighted by atomic mass is 15.2. The summed E-state index contributed by atoms with van der Waals surface area (Å²) in [6, 6.07) is 3.60. The predicted molar refractivity (Wildman–Crippen MR) is 52.5 cm³/mol. The van der Waals surface area contributed by atoms with Gasteiger partial charge >= 0.3 is 0 Å². The van der Waals surface area contributed by atoms with E-state index in [0.29, 0.717) is 0 Å². The van der Waals surface area contributed by atoms with Crippen LogP contribution in [0.4, 0.5) is 0 Å². The molecule has 1 aromatic heterocycles. The molecule has 0 fully saturated rings. The summed E-state index contributed by atoms with van der Waals surface area (Å²) < 4.78 is 0. The number of rotatable bonds is 3. The fourth-order valence-corrected chi connectivity index (χ4v) is 1.22. The van der Waals surface area contributed by atoms with Crippen molar-refractivity contribution in [1.82, 2.24) is 10.4 Å². The summed E-state index contributed by atoms with van der Waals surface area (Å²) >= 11 is 0. The maximum atomic E-state index is 5.31. The van der Waals surface area contributed by atoms with Crippen LogP contribution in [0.15, 0.2) is 18.3 Å². The number of hydrogen-bond acceptors (Lipinski definition) is 3. The molecule has 0 aliphatic carbocycles. The summed E-state index contributed by atoms with van der Waals surface area (Å²) in [5, 5.41) is 0. The molecule has 0 aliphatic rings. The Kier molecular flexibility index (Phi) is 3.44. The van der Waals surface area contributed by atoms with Crippen molar-refractivity contribution in [2.75, 3.05) is 0 Å². The van der Waals surface area contributed by atoms with Crippen LogP contribution in [0.5, 0.6) is 0 Å². The van der Waals surface area contributed by atoms with Gasteiger partial charge in [0.25, 0.3) is 0 Å². The van der Waals surface area contributed by atoms with Gasteiger partial charge in [0.2, 0.25) is 0 Å². The second kappa shape index (κ2) is 4.61. The molecule has 68 valence electrons. The highest BCUT2D eigenvalue weighted by molar-refractivity contribution is 5.27. The van der Waals surface area contributed by atoms with Crippen molar-refractivity contribution >= 4 is 0 Å². The molecule has 0 amide bonds. The fraction of sp³-hybridized carbons (Fsp3) is 0.300. The zero-order valence-corrected chi connectivity index (χ0v) is 7.62. The molecule has 0 bridgehead atoms. The van der Waals surface area contributed by atoms with E-state index in [4.69, 9.17) is 12.3 Å². The maximum Gasteiger partial charge on any atom is 0.124 e. The summed E-state index contributed by atoms with van der Waals surface area (Å²) in [5.41, 5.74) is 4.51. The molecule has 1 rings (SSSR count). The minimum absolute atomic E-state index is 0.295. The van der Waals surface area contributed by atoms with Crippen molar-refractivity contribution in [3.8, 4) is 12.3 Å². The Morgan fingerprint density at radius 2 is 2.54 bits per heavy atom. The fourth-order valence-electron chi connectivity index (χ4n) is 1.22. The third kappa shape index (κ3) is 2.05. The Balaban J connectivity index is 3.05. The molecule has 0 aromatic carbocycles. The van der Waals surface area contributed by atoms with Gasteiger partial charge in [0.1, 0.15) is 6.04 Å². The monoisotopic (exact) mass is 175 g/mol. The second-order valence-electron chi connectivity index (χ2n) is 2.67. The molecule has 1 atom stereocenters. The van der Waals surface area contributed by atoms with Crippen molar-refractivity contribution in [2.24, 2.45) is 5.84 Å². The molecule has 0 aliphatic heterocycles. The van der Waals surface area contributed by atoms with Gasteiger partial charge in [-0.2, -0.15) is 0 Å². The van der Waals surface area contributed by atoms with Gasteiger partial charge in [-0.1, -0.05) is 18.9 Å². The number of terminal acetylenes is 1. The first-order valence-electron chi connectivity index (χ1n) is 4.19. The van der Waals surface area contributed by atoms with E-state index in [9.17, 15) is 0 Å². The van der Waals surface area contributed by atoms with Crippen molar-refractivity contribution in [3.63, 3.8) is 0 Å². The molecule has 3 heteroatoms. The lowest BCUT2D eigenvalue weighted by Gasteiger charge is -2.11. The SMILES string of the molecule is C#CC(NN)c1ncccc1CC. The number of nitrogens with zero attached hydrogens (tertiary/aromatic N) is 1. The van der Waals surface area contributed by atoms with E-state index < -0.39 is 0 Å². The van der Waals surface area contributed by atoms with Gasteiger partial charge in [-0.05, 0) is 18.1 Å². The van der Waals surface area contributed by atoms with E-state index in [2.05, 4.69) is 23.3 Å². The Morgan fingerprint density at radius 1 is 1.77 bits per heavy atom. The average molecular weight is 175 g/mol. The first kappa shape index (κ1) is 9.72. The lowest BCUT2D eigenvalue weighted by Crippen LogP contribution is -2.28. The second-order valence-corrected chi connectivity index (χ2v) is 2.67. The number of pyridine rings is 1. The molecule has 3 N–H and O–H groups in total. The van der Waals surface area contributed by atoms with E-state index in [-0.39, 0.29) is 6.04 Å². The lowest BCUT2D eigenvalue weighted by atomic mass is 10.1. The zero-order valence-electron chi connectivity index (χ0n) is 7.62. The smallest absolute Gasteiger partial charge is 0.124 e. The molecule has 0 spiro atoms. The van der Waals surface area contributed by atoms with Gasteiger partial charge in [0.05, 0.1) is 5.69 Å². The summed E-state index contributed by atoms with van der Waals surface area (Å²) in [6.07, 6.45) is 7.93. The van der Waals surface area contributed by atoms with E-state index in [1.54, 1.807) is 6.20 Å². The largest absolute Gasteiger partial charge is 0.270 e. The molecule has 13 heavy (non-hydrogen) atoms. The van der Waals surface area contributed by atoms with Crippen LogP contribution in [0.1, 0.15) is 24.2 Å². The molecule has 1 heterocycles. The quantitative estimate of drug-likeness (QED) is 0.405. The minimum atomic E-state index is -0.295. The summed E-state index contributed by atoms with van der Waals surface area (Å²) in [7, 11) is 0. The number of aromatic nitrogens is 1. The van der Waals surface area contributed by atoms with Crippen LogP contribution < -0.4 is 11.3 Å². The molecule has 0 saturated carbocycles. The summed E-state index contributed by atoms with van der Waals surface area (Å²) in [5.74, 6) is 7.85. The minimum Gasteiger partial charge on any atom is -0.270 e. The number of nitrogens with two attached hydrogens (primary N) is 1. The third-order valence-electron chi connectivity index (χ3n) is 1.91. The van der Waals surface area contributed by atoms with Crippen LogP contribution in [-0.4, -0.2) is 4.98 Å². The third-order valence-corrected chi connectivity index (χ3v) is 1.91. The molecular weight excluding hydrogens is 162 g/mol. The van der Waals surface area contributed by atoms with Gasteiger partial charge in [-0.15, -0.1) is 6.42 Å².